The average molecular weight is 290 g/mol. The Kier molecular flexibility index (Phi) is 3.70. The first kappa shape index (κ1) is 13.7. The second-order valence-corrected chi connectivity index (χ2v) is 5.22. The summed E-state index contributed by atoms with van der Waals surface area (Å²) >= 11 is 0. The minimum absolute atomic E-state index is 0.274. The smallest absolute Gasteiger partial charge is 0.222 e. The van der Waals surface area contributed by atoms with Crippen LogP contribution in [-0.4, -0.2) is 40.5 Å². The number of nitrogens with zero attached hydrogens (tertiary/aromatic N) is 5. The highest BCUT2D eigenvalue weighted by atomic mass is 16.6. The lowest BCUT2D eigenvalue weighted by Crippen LogP contribution is -2.20. The molecule has 0 amide bonds. The van der Waals surface area contributed by atoms with Crippen molar-refractivity contribution in [1.29, 1.82) is 0 Å². The molecule has 0 radical (unpaired) electrons. The molecule has 2 aromatic heterocycles. The third kappa shape index (κ3) is 2.94. The van der Waals surface area contributed by atoms with Gasteiger partial charge in [-0.3, -0.25) is 0 Å². The van der Waals surface area contributed by atoms with E-state index in [0.717, 1.165) is 35.9 Å². The van der Waals surface area contributed by atoms with Crippen LogP contribution < -0.4 is 10.6 Å². The summed E-state index contributed by atoms with van der Waals surface area (Å²) in [4.78, 5) is 10.6. The molecule has 8 nitrogen and oxygen atoms in total. The standard InChI is InChI=1S/C13H18N6O2/c1-8-11(18-21-17-8)6-19(2)12-5-10(15-13(14)16-12)9-3-4-20-7-9/h5,9H,3-4,6-7H2,1-2H3,(H2,14,15,16)/t9-/m0/s1. The number of aryl methyl sites for hydroxylation is 1. The highest BCUT2D eigenvalue weighted by Crippen LogP contribution is 2.26. The maximum absolute atomic E-state index is 5.83. The molecule has 8 heteroatoms. The molecule has 1 saturated heterocycles. The predicted molar refractivity (Wildman–Crippen MR) is 75.8 cm³/mol. The van der Waals surface area contributed by atoms with Gasteiger partial charge < -0.3 is 15.4 Å². The van der Waals surface area contributed by atoms with Crippen LogP contribution >= 0.6 is 0 Å². The van der Waals surface area contributed by atoms with E-state index in [2.05, 4.69) is 20.3 Å². The van der Waals surface area contributed by atoms with Gasteiger partial charge in [-0.05, 0) is 13.3 Å². The number of ether oxygens (including phenoxy) is 1. The monoisotopic (exact) mass is 290 g/mol. The third-order valence-electron chi connectivity index (χ3n) is 3.62. The Morgan fingerprint density at radius 3 is 2.90 bits per heavy atom. The first-order valence-corrected chi connectivity index (χ1v) is 6.85. The van der Waals surface area contributed by atoms with E-state index in [1.165, 1.54) is 0 Å². The Morgan fingerprint density at radius 2 is 2.24 bits per heavy atom. The molecule has 0 bridgehead atoms. The highest BCUT2D eigenvalue weighted by Gasteiger charge is 2.21. The molecule has 1 aliphatic heterocycles. The Morgan fingerprint density at radius 1 is 1.38 bits per heavy atom. The molecule has 2 aromatic rings. The maximum Gasteiger partial charge on any atom is 0.222 e. The zero-order chi connectivity index (χ0) is 14.8. The Bertz CT molecular complexity index is 623. The van der Waals surface area contributed by atoms with E-state index in [4.69, 9.17) is 15.1 Å². The second-order valence-electron chi connectivity index (χ2n) is 5.22. The van der Waals surface area contributed by atoms with Gasteiger partial charge >= 0.3 is 0 Å². The van der Waals surface area contributed by atoms with E-state index >= 15 is 0 Å². The SMILES string of the molecule is Cc1nonc1CN(C)c1cc([C@H]2CCOC2)nc(N)n1. The third-order valence-corrected chi connectivity index (χ3v) is 3.62. The Labute approximate surface area is 122 Å². The summed E-state index contributed by atoms with van der Waals surface area (Å²) in [6.45, 7) is 3.86. The van der Waals surface area contributed by atoms with Crippen LogP contribution in [0.2, 0.25) is 0 Å². The van der Waals surface area contributed by atoms with Crippen LogP contribution in [0.4, 0.5) is 11.8 Å². The van der Waals surface area contributed by atoms with Crippen LogP contribution in [0.3, 0.4) is 0 Å². The lowest BCUT2D eigenvalue weighted by Gasteiger charge is -2.18. The van der Waals surface area contributed by atoms with Crippen molar-refractivity contribution in [2.75, 3.05) is 30.9 Å². The molecule has 0 spiro atoms. The first-order valence-electron chi connectivity index (χ1n) is 6.85. The van der Waals surface area contributed by atoms with Gasteiger partial charge in [-0.15, -0.1) is 0 Å². The van der Waals surface area contributed by atoms with Gasteiger partial charge in [-0.1, -0.05) is 10.3 Å². The summed E-state index contributed by atoms with van der Waals surface area (Å²) in [5.41, 5.74) is 8.31. The number of nitrogens with two attached hydrogens (primary N) is 1. The number of aromatic nitrogens is 4. The van der Waals surface area contributed by atoms with Crippen LogP contribution in [0, 0.1) is 6.92 Å². The van der Waals surface area contributed by atoms with Gasteiger partial charge in [0.05, 0.1) is 18.8 Å². The van der Waals surface area contributed by atoms with Gasteiger partial charge in [0.2, 0.25) is 5.95 Å². The van der Waals surface area contributed by atoms with Crippen LogP contribution in [-0.2, 0) is 11.3 Å². The molecule has 0 saturated carbocycles. The van der Waals surface area contributed by atoms with E-state index in [9.17, 15) is 0 Å². The van der Waals surface area contributed by atoms with Crippen molar-refractivity contribution in [3.8, 4) is 0 Å². The van der Waals surface area contributed by atoms with E-state index in [1.54, 1.807) is 0 Å². The molecule has 1 fully saturated rings. The molecule has 2 N–H and O–H groups in total. The van der Waals surface area contributed by atoms with Crippen molar-refractivity contribution >= 4 is 11.8 Å². The van der Waals surface area contributed by atoms with E-state index in [1.807, 2.05) is 24.9 Å². The van der Waals surface area contributed by atoms with Gasteiger partial charge in [-0.2, -0.15) is 4.98 Å². The zero-order valence-corrected chi connectivity index (χ0v) is 12.1. The van der Waals surface area contributed by atoms with Gasteiger partial charge in [0.25, 0.3) is 0 Å². The highest BCUT2D eigenvalue weighted by molar-refractivity contribution is 5.44. The predicted octanol–water partition coefficient (Wildman–Crippen LogP) is 0.891. The van der Waals surface area contributed by atoms with Crippen molar-refractivity contribution < 1.29 is 9.37 Å². The average Bonchev–Trinajstić information content (AvgIpc) is 3.11. The molecule has 3 rings (SSSR count). The van der Waals surface area contributed by atoms with Gasteiger partial charge in [0, 0.05) is 25.6 Å². The molecule has 3 heterocycles. The molecule has 112 valence electrons. The van der Waals surface area contributed by atoms with Crippen molar-refractivity contribution in [2.45, 2.75) is 25.8 Å². The second kappa shape index (κ2) is 5.65. The fourth-order valence-corrected chi connectivity index (χ4v) is 2.34. The van der Waals surface area contributed by atoms with Crippen LogP contribution in [0.25, 0.3) is 0 Å². The topological polar surface area (TPSA) is 103 Å². The molecule has 0 aromatic carbocycles. The normalized spacial score (nSPS) is 18.1. The number of nitrogen functional groups attached to an aromatic ring is 1. The van der Waals surface area contributed by atoms with Crippen LogP contribution in [0.5, 0.6) is 0 Å². The molecular weight excluding hydrogens is 272 g/mol. The van der Waals surface area contributed by atoms with Crippen molar-refractivity contribution in [3.05, 3.63) is 23.1 Å². The number of hydrogen-bond acceptors (Lipinski definition) is 8. The summed E-state index contributed by atoms with van der Waals surface area (Å²) < 4.78 is 10.1. The van der Waals surface area contributed by atoms with Gasteiger partial charge in [-0.25, -0.2) is 9.61 Å². The molecule has 0 aliphatic carbocycles. The molecule has 21 heavy (non-hydrogen) atoms. The largest absolute Gasteiger partial charge is 0.381 e. The van der Waals surface area contributed by atoms with Crippen LogP contribution in [0.15, 0.2) is 10.7 Å². The fourth-order valence-electron chi connectivity index (χ4n) is 2.34. The Balaban J connectivity index is 1.82. The number of hydrogen-bond donors (Lipinski definition) is 1. The maximum atomic E-state index is 5.83. The Hall–Kier alpha value is -2.22. The number of rotatable bonds is 4. The van der Waals surface area contributed by atoms with Crippen LogP contribution in [0.1, 0.15) is 29.4 Å². The minimum Gasteiger partial charge on any atom is -0.381 e. The molecule has 0 unspecified atom stereocenters. The number of anilines is 2. The minimum atomic E-state index is 0.274. The van der Waals surface area contributed by atoms with Crippen molar-refractivity contribution in [1.82, 2.24) is 20.3 Å². The molecular formula is C13H18N6O2. The van der Waals surface area contributed by atoms with Gasteiger partial charge in [0.1, 0.15) is 17.2 Å². The van der Waals surface area contributed by atoms with E-state index in [-0.39, 0.29) is 11.9 Å². The molecule has 1 aliphatic rings. The summed E-state index contributed by atoms with van der Waals surface area (Å²) in [5.74, 6) is 1.32. The fraction of sp³-hybridized carbons (Fsp3) is 0.538. The molecule has 1 atom stereocenters. The van der Waals surface area contributed by atoms with Crippen molar-refractivity contribution in [3.63, 3.8) is 0 Å². The first-order chi connectivity index (χ1) is 10.1. The summed E-state index contributed by atoms with van der Waals surface area (Å²) in [5, 5.41) is 7.66. The quantitative estimate of drug-likeness (QED) is 0.885. The lowest BCUT2D eigenvalue weighted by molar-refractivity contribution is 0.193. The van der Waals surface area contributed by atoms with E-state index in [0.29, 0.717) is 13.2 Å². The lowest BCUT2D eigenvalue weighted by atomic mass is 10.0. The van der Waals surface area contributed by atoms with Gasteiger partial charge in [0.15, 0.2) is 0 Å². The van der Waals surface area contributed by atoms with E-state index < -0.39 is 0 Å². The summed E-state index contributed by atoms with van der Waals surface area (Å²) in [6.07, 6.45) is 0.964. The zero-order valence-electron chi connectivity index (χ0n) is 12.1. The summed E-state index contributed by atoms with van der Waals surface area (Å²) in [7, 11) is 1.92. The summed E-state index contributed by atoms with van der Waals surface area (Å²) in [6, 6.07) is 1.96. The van der Waals surface area contributed by atoms with Crippen molar-refractivity contribution in [2.24, 2.45) is 0 Å².